The van der Waals surface area contributed by atoms with E-state index in [4.69, 9.17) is 30.4 Å². The van der Waals surface area contributed by atoms with Crippen molar-refractivity contribution >= 4 is 7.32 Å². The summed E-state index contributed by atoms with van der Waals surface area (Å²) >= 11 is 0. The highest BCUT2D eigenvalue weighted by atomic mass is 16.5. The molecule has 0 aromatic rings. The van der Waals surface area contributed by atoms with Gasteiger partial charge in [-0.3, -0.25) is 0 Å². The highest BCUT2D eigenvalue weighted by molar-refractivity contribution is 6.30. The van der Waals surface area contributed by atoms with Gasteiger partial charge in [-0.15, -0.1) is 0 Å². The fourth-order valence-corrected chi connectivity index (χ4v) is 0.283. The third-order valence-corrected chi connectivity index (χ3v) is 1.17. The Balaban J connectivity index is -0.000000166. The summed E-state index contributed by atoms with van der Waals surface area (Å²) < 4.78 is 0. The minimum Gasteiger partial charge on any atom is -0.402 e. The second kappa shape index (κ2) is 20.2. The van der Waals surface area contributed by atoms with Gasteiger partial charge in [0.2, 0.25) is 0 Å². The van der Waals surface area contributed by atoms with Crippen LogP contribution in [0.5, 0.6) is 0 Å². The third kappa shape index (κ3) is 67.3. The molecular weight excluding hydrogens is 217 g/mol. The van der Waals surface area contributed by atoms with Gasteiger partial charge in [-0.05, 0) is 13.3 Å². The van der Waals surface area contributed by atoms with Crippen molar-refractivity contribution in [3.63, 3.8) is 0 Å². The van der Waals surface area contributed by atoms with Crippen LogP contribution in [0.3, 0.4) is 0 Å². The molecular formula is C8H24BNO6. The summed E-state index contributed by atoms with van der Waals surface area (Å²) in [5, 5.41) is 48.9. The molecule has 0 radical (unpaired) electrons. The average Bonchev–Trinajstić information content (AvgIpc) is 2.19. The van der Waals surface area contributed by atoms with Gasteiger partial charge in [-0.2, -0.15) is 0 Å². The first-order valence-electron chi connectivity index (χ1n) is 5.07. The van der Waals surface area contributed by atoms with Crippen molar-refractivity contribution in [2.45, 2.75) is 26.4 Å². The first-order chi connectivity index (χ1) is 7.42. The quantitative estimate of drug-likeness (QED) is 0.205. The average molecular weight is 241 g/mol. The molecule has 100 valence electrons. The van der Waals surface area contributed by atoms with Crippen LogP contribution in [0, 0.1) is 0 Å². The van der Waals surface area contributed by atoms with Crippen LogP contribution in [0.4, 0.5) is 0 Å². The maximum absolute atomic E-state index is 8.36. The lowest BCUT2D eigenvalue weighted by molar-refractivity contribution is 0.191. The molecule has 0 aliphatic heterocycles. The Kier molecular flexibility index (Phi) is 26.7. The molecule has 1 atom stereocenters. The Morgan fingerprint density at radius 1 is 1.06 bits per heavy atom. The molecule has 0 heterocycles. The second-order valence-electron chi connectivity index (χ2n) is 2.80. The maximum atomic E-state index is 8.36. The van der Waals surface area contributed by atoms with E-state index in [9.17, 15) is 0 Å². The Bertz CT molecular complexity index is 99.8. The zero-order valence-corrected chi connectivity index (χ0v) is 9.87. The molecule has 0 aromatic heterocycles. The summed E-state index contributed by atoms with van der Waals surface area (Å²) in [6, 6.07) is 0. The van der Waals surface area contributed by atoms with Crippen molar-refractivity contribution < 1.29 is 30.4 Å². The molecule has 0 aliphatic carbocycles. The van der Waals surface area contributed by atoms with E-state index in [-0.39, 0.29) is 19.3 Å². The number of aliphatic hydroxyl groups excluding tert-OH is 3. The van der Waals surface area contributed by atoms with Crippen molar-refractivity contribution in [1.82, 2.24) is 5.32 Å². The zero-order chi connectivity index (χ0) is 13.4. The molecule has 0 aromatic carbocycles. The zero-order valence-electron chi connectivity index (χ0n) is 9.87. The summed E-state index contributed by atoms with van der Waals surface area (Å²) in [4.78, 5) is 0. The van der Waals surface area contributed by atoms with E-state index in [0.29, 0.717) is 13.1 Å². The molecule has 1 unspecified atom stereocenters. The largest absolute Gasteiger partial charge is 0.631 e. The summed E-state index contributed by atoms with van der Waals surface area (Å²) in [5.41, 5.74) is 0. The predicted octanol–water partition coefficient (Wildman–Crippen LogP) is -2.71. The molecule has 0 fully saturated rings. The minimum absolute atomic E-state index is 0.116. The van der Waals surface area contributed by atoms with Gasteiger partial charge < -0.3 is 35.7 Å². The fourth-order valence-electron chi connectivity index (χ4n) is 0.283. The first-order valence-corrected chi connectivity index (χ1v) is 5.07. The van der Waals surface area contributed by atoms with E-state index in [1.807, 2.05) is 6.92 Å². The molecule has 0 spiro atoms. The lowest BCUT2D eigenvalue weighted by Gasteiger charge is -1.94. The van der Waals surface area contributed by atoms with Crippen molar-refractivity contribution in [3.8, 4) is 0 Å². The number of rotatable bonds is 5. The van der Waals surface area contributed by atoms with Crippen LogP contribution in [0.25, 0.3) is 0 Å². The SMILES string of the molecule is CCC(C)O.OB(O)O.OCCNCCO. The Labute approximate surface area is 96.5 Å². The van der Waals surface area contributed by atoms with E-state index in [1.54, 1.807) is 6.92 Å². The van der Waals surface area contributed by atoms with Gasteiger partial charge in [0.1, 0.15) is 0 Å². The monoisotopic (exact) mass is 241 g/mol. The molecule has 7 N–H and O–H groups in total. The van der Waals surface area contributed by atoms with E-state index >= 15 is 0 Å². The normalized spacial score (nSPS) is 10.5. The molecule has 16 heavy (non-hydrogen) atoms. The van der Waals surface area contributed by atoms with E-state index < -0.39 is 7.32 Å². The van der Waals surface area contributed by atoms with E-state index in [2.05, 4.69) is 5.32 Å². The summed E-state index contributed by atoms with van der Waals surface area (Å²) in [7, 11) is -2.17. The van der Waals surface area contributed by atoms with Gasteiger partial charge in [0.25, 0.3) is 0 Å². The highest BCUT2D eigenvalue weighted by Gasteiger charge is 1.92. The van der Waals surface area contributed by atoms with Gasteiger partial charge >= 0.3 is 7.32 Å². The van der Waals surface area contributed by atoms with E-state index in [1.165, 1.54) is 0 Å². The lowest BCUT2D eigenvalue weighted by Crippen LogP contribution is -2.21. The number of aliphatic hydroxyl groups is 3. The molecule has 0 saturated carbocycles. The summed E-state index contributed by atoms with van der Waals surface area (Å²) in [6.07, 6.45) is 0.745. The van der Waals surface area contributed by atoms with Crippen LogP contribution in [0.1, 0.15) is 20.3 Å². The topological polar surface area (TPSA) is 133 Å². The lowest BCUT2D eigenvalue weighted by atomic mass is 10.3. The van der Waals surface area contributed by atoms with Crippen LogP contribution < -0.4 is 5.32 Å². The van der Waals surface area contributed by atoms with Gasteiger partial charge in [-0.1, -0.05) is 6.92 Å². The van der Waals surface area contributed by atoms with Crippen LogP contribution in [0.2, 0.25) is 0 Å². The van der Waals surface area contributed by atoms with Crippen molar-refractivity contribution in [3.05, 3.63) is 0 Å². The smallest absolute Gasteiger partial charge is 0.402 e. The third-order valence-electron chi connectivity index (χ3n) is 1.17. The molecule has 0 amide bonds. The van der Waals surface area contributed by atoms with Crippen molar-refractivity contribution in [1.29, 1.82) is 0 Å². The number of hydrogen-bond acceptors (Lipinski definition) is 7. The van der Waals surface area contributed by atoms with Crippen LogP contribution in [-0.4, -0.2) is 70.1 Å². The van der Waals surface area contributed by atoms with Gasteiger partial charge in [-0.25, -0.2) is 0 Å². The Morgan fingerprint density at radius 2 is 1.31 bits per heavy atom. The van der Waals surface area contributed by atoms with Gasteiger partial charge in [0.05, 0.1) is 19.3 Å². The number of nitrogens with one attached hydrogen (secondary N) is 1. The number of hydrogen-bond donors (Lipinski definition) is 7. The van der Waals surface area contributed by atoms with Gasteiger partial charge in [0, 0.05) is 13.1 Å². The van der Waals surface area contributed by atoms with Crippen molar-refractivity contribution in [2.24, 2.45) is 0 Å². The molecule has 0 bridgehead atoms. The van der Waals surface area contributed by atoms with Crippen molar-refractivity contribution in [2.75, 3.05) is 26.3 Å². The summed E-state index contributed by atoms with van der Waals surface area (Å²) in [6.45, 7) is 5.14. The Morgan fingerprint density at radius 3 is 1.44 bits per heavy atom. The molecule has 0 aliphatic rings. The van der Waals surface area contributed by atoms with Crippen LogP contribution in [-0.2, 0) is 0 Å². The maximum Gasteiger partial charge on any atom is 0.631 e. The standard InChI is InChI=1S/C4H11NO2.C4H10O.BH3O3/c6-3-1-5-2-4-7;1-3-4(2)5;2-1(3)4/h5-7H,1-4H2;4-5H,3H2,1-2H3;2-4H. The Hall–Kier alpha value is -0.215. The minimum atomic E-state index is -2.17. The highest BCUT2D eigenvalue weighted by Crippen LogP contribution is 1.81. The van der Waals surface area contributed by atoms with Crippen LogP contribution >= 0.6 is 0 Å². The fraction of sp³-hybridized carbons (Fsp3) is 1.00. The predicted molar refractivity (Wildman–Crippen MR) is 61.4 cm³/mol. The van der Waals surface area contributed by atoms with E-state index in [0.717, 1.165) is 6.42 Å². The molecule has 0 rings (SSSR count). The van der Waals surface area contributed by atoms with Gasteiger partial charge in [0.15, 0.2) is 0 Å². The summed E-state index contributed by atoms with van der Waals surface area (Å²) in [5.74, 6) is 0. The van der Waals surface area contributed by atoms with Crippen LogP contribution in [0.15, 0.2) is 0 Å². The molecule has 7 nitrogen and oxygen atoms in total. The molecule has 0 saturated heterocycles. The molecule has 8 heteroatoms. The first kappa shape index (κ1) is 21.1. The second-order valence-corrected chi connectivity index (χ2v) is 2.80.